The molecule has 1 rings (SSSR count). The van der Waals surface area contributed by atoms with Crippen LogP contribution in [0.1, 0.15) is 25.3 Å². The van der Waals surface area contributed by atoms with Gasteiger partial charge in [-0.3, -0.25) is 10.1 Å². The minimum Gasteiger partial charge on any atom is -0.273 e. The number of benzene rings is 1. The molecule has 0 radical (unpaired) electrons. The first-order valence-electron chi connectivity index (χ1n) is 5.00. The van der Waals surface area contributed by atoms with Crippen LogP contribution in [-0.4, -0.2) is 5.91 Å². The Kier molecular flexibility index (Phi) is 4.33. The summed E-state index contributed by atoms with van der Waals surface area (Å²) in [6.07, 6.45) is 1.66. The fraction of sp³-hybridized carbons (Fsp3) is 0.333. The van der Waals surface area contributed by atoms with E-state index in [0.29, 0.717) is 5.02 Å². The van der Waals surface area contributed by atoms with E-state index < -0.39 is 0 Å². The van der Waals surface area contributed by atoms with Crippen molar-refractivity contribution >= 4 is 17.5 Å². The Hall–Kier alpha value is -1.53. The third-order valence-corrected chi connectivity index (χ3v) is 2.61. The summed E-state index contributed by atoms with van der Waals surface area (Å²) >= 11 is 5.78. The molecule has 1 amide bonds. The maximum atomic E-state index is 11.7. The second kappa shape index (κ2) is 5.53. The van der Waals surface area contributed by atoms with Gasteiger partial charge >= 0.3 is 0 Å². The van der Waals surface area contributed by atoms with Gasteiger partial charge in [-0.1, -0.05) is 37.6 Å². The molecule has 1 atom stereocenters. The normalized spacial score (nSPS) is 11.9. The molecule has 0 spiro atoms. The fourth-order valence-electron chi connectivity index (χ4n) is 1.64. The number of nitrogens with zero attached hydrogens (tertiary/aromatic N) is 1. The van der Waals surface area contributed by atoms with E-state index in [9.17, 15) is 4.79 Å². The molecule has 0 heterocycles. The molecule has 0 aromatic heterocycles. The van der Waals surface area contributed by atoms with E-state index in [4.69, 9.17) is 16.9 Å². The molecule has 3 nitrogen and oxygen atoms in total. The highest BCUT2D eigenvalue weighted by Crippen LogP contribution is 2.25. The van der Waals surface area contributed by atoms with E-state index in [1.54, 1.807) is 18.3 Å². The number of nitrogens with one attached hydrogen (secondary N) is 1. The van der Waals surface area contributed by atoms with Gasteiger partial charge in [-0.05, 0) is 23.6 Å². The molecular formula is C12H13ClN2O. The van der Waals surface area contributed by atoms with Gasteiger partial charge in [0, 0.05) is 5.02 Å². The van der Waals surface area contributed by atoms with Crippen molar-refractivity contribution in [2.45, 2.75) is 19.8 Å². The van der Waals surface area contributed by atoms with Gasteiger partial charge in [0.15, 0.2) is 6.19 Å². The van der Waals surface area contributed by atoms with Crippen LogP contribution in [0.3, 0.4) is 0 Å². The number of amides is 1. The summed E-state index contributed by atoms with van der Waals surface area (Å²) in [5, 5.41) is 11.3. The molecular weight excluding hydrogens is 224 g/mol. The molecule has 0 aliphatic heterocycles. The van der Waals surface area contributed by atoms with Crippen LogP contribution in [-0.2, 0) is 4.79 Å². The molecule has 0 saturated carbocycles. The Morgan fingerprint density at radius 3 is 2.38 bits per heavy atom. The summed E-state index contributed by atoms with van der Waals surface area (Å²) in [7, 11) is 0. The zero-order valence-electron chi connectivity index (χ0n) is 9.20. The van der Waals surface area contributed by atoms with Crippen molar-refractivity contribution < 1.29 is 4.79 Å². The zero-order valence-corrected chi connectivity index (χ0v) is 9.95. The lowest BCUT2D eigenvalue weighted by Crippen LogP contribution is -2.28. The van der Waals surface area contributed by atoms with Crippen LogP contribution in [0.15, 0.2) is 24.3 Å². The highest BCUT2D eigenvalue weighted by Gasteiger charge is 2.23. The minimum atomic E-state index is -0.322. The van der Waals surface area contributed by atoms with Crippen LogP contribution in [0.4, 0.5) is 0 Å². The van der Waals surface area contributed by atoms with Gasteiger partial charge in [-0.15, -0.1) is 0 Å². The average Bonchev–Trinajstić information content (AvgIpc) is 2.21. The molecule has 0 bridgehead atoms. The Bertz CT molecular complexity index is 406. The summed E-state index contributed by atoms with van der Waals surface area (Å²) in [5.74, 6) is -0.480. The average molecular weight is 237 g/mol. The Morgan fingerprint density at radius 1 is 1.38 bits per heavy atom. The van der Waals surface area contributed by atoms with Crippen molar-refractivity contribution in [1.29, 1.82) is 5.26 Å². The molecule has 4 heteroatoms. The number of carbonyl (C=O) groups excluding carboxylic acids is 1. The van der Waals surface area contributed by atoms with Crippen molar-refractivity contribution in [2.24, 2.45) is 5.92 Å². The van der Waals surface area contributed by atoms with Gasteiger partial charge in [0.05, 0.1) is 5.92 Å². The first-order chi connectivity index (χ1) is 7.56. The van der Waals surface area contributed by atoms with E-state index in [0.717, 1.165) is 5.56 Å². The topological polar surface area (TPSA) is 52.9 Å². The molecule has 16 heavy (non-hydrogen) atoms. The van der Waals surface area contributed by atoms with Gasteiger partial charge in [0.2, 0.25) is 5.91 Å². The SMILES string of the molecule is CC(C)C(C(=O)NC#N)c1ccc(Cl)cc1. The molecule has 0 fully saturated rings. The molecule has 1 aromatic rings. The standard InChI is InChI=1S/C12H13ClN2O/c1-8(2)11(12(16)15-7-14)9-3-5-10(13)6-4-9/h3-6,8,11H,1-2H3,(H,15,16). The first kappa shape index (κ1) is 12.5. The monoisotopic (exact) mass is 236 g/mol. The van der Waals surface area contributed by atoms with Crippen LogP contribution >= 0.6 is 11.6 Å². The fourth-order valence-corrected chi connectivity index (χ4v) is 1.77. The first-order valence-corrected chi connectivity index (χ1v) is 5.38. The third kappa shape index (κ3) is 2.98. The summed E-state index contributed by atoms with van der Waals surface area (Å²) in [6, 6.07) is 7.10. The lowest BCUT2D eigenvalue weighted by atomic mass is 9.88. The molecule has 84 valence electrons. The highest BCUT2D eigenvalue weighted by molar-refractivity contribution is 6.30. The lowest BCUT2D eigenvalue weighted by Gasteiger charge is -2.18. The van der Waals surface area contributed by atoms with E-state index in [2.05, 4.69) is 5.32 Å². The lowest BCUT2D eigenvalue weighted by molar-refractivity contribution is -0.122. The second-order valence-electron chi connectivity index (χ2n) is 3.87. The molecule has 0 aliphatic carbocycles. The van der Waals surface area contributed by atoms with Crippen molar-refractivity contribution in [3.8, 4) is 6.19 Å². The largest absolute Gasteiger partial charge is 0.273 e. The second-order valence-corrected chi connectivity index (χ2v) is 4.31. The maximum absolute atomic E-state index is 11.7. The molecule has 0 saturated heterocycles. The minimum absolute atomic E-state index is 0.120. The summed E-state index contributed by atoms with van der Waals surface area (Å²) in [6.45, 7) is 3.88. The van der Waals surface area contributed by atoms with Gasteiger partial charge < -0.3 is 0 Å². The Balaban J connectivity index is 2.99. The predicted molar refractivity (Wildman–Crippen MR) is 62.8 cm³/mol. The number of nitriles is 1. The number of hydrogen-bond donors (Lipinski definition) is 1. The smallest absolute Gasteiger partial charge is 0.240 e. The van der Waals surface area contributed by atoms with Crippen molar-refractivity contribution in [1.82, 2.24) is 5.32 Å². The quantitative estimate of drug-likeness (QED) is 0.648. The third-order valence-electron chi connectivity index (χ3n) is 2.36. The van der Waals surface area contributed by atoms with Gasteiger partial charge in [-0.25, -0.2) is 0 Å². The molecule has 1 unspecified atom stereocenters. The maximum Gasteiger partial charge on any atom is 0.240 e. The van der Waals surface area contributed by atoms with Crippen LogP contribution in [0.25, 0.3) is 0 Å². The number of hydrogen-bond acceptors (Lipinski definition) is 2. The number of rotatable bonds is 3. The van der Waals surface area contributed by atoms with Crippen LogP contribution in [0.5, 0.6) is 0 Å². The van der Waals surface area contributed by atoms with E-state index in [1.807, 2.05) is 26.0 Å². The van der Waals surface area contributed by atoms with Crippen molar-refractivity contribution in [3.63, 3.8) is 0 Å². The molecule has 1 aromatic carbocycles. The number of halogens is 1. The molecule has 1 N–H and O–H groups in total. The zero-order chi connectivity index (χ0) is 12.1. The Labute approximate surface area is 100 Å². The summed E-state index contributed by atoms with van der Waals surface area (Å²) in [5.41, 5.74) is 0.868. The van der Waals surface area contributed by atoms with Crippen molar-refractivity contribution in [3.05, 3.63) is 34.9 Å². The molecule has 0 aliphatic rings. The van der Waals surface area contributed by atoms with Gasteiger partial charge in [-0.2, -0.15) is 5.26 Å². The van der Waals surface area contributed by atoms with Crippen molar-refractivity contribution in [2.75, 3.05) is 0 Å². The van der Waals surface area contributed by atoms with Gasteiger partial charge in [0.25, 0.3) is 0 Å². The van der Waals surface area contributed by atoms with Crippen LogP contribution < -0.4 is 5.32 Å². The number of carbonyl (C=O) groups is 1. The van der Waals surface area contributed by atoms with E-state index in [-0.39, 0.29) is 17.7 Å². The highest BCUT2D eigenvalue weighted by atomic mass is 35.5. The van der Waals surface area contributed by atoms with Gasteiger partial charge in [0.1, 0.15) is 0 Å². The van der Waals surface area contributed by atoms with E-state index >= 15 is 0 Å². The summed E-state index contributed by atoms with van der Waals surface area (Å²) in [4.78, 5) is 11.7. The predicted octanol–water partition coefficient (Wildman–Crippen LogP) is 2.68. The summed E-state index contributed by atoms with van der Waals surface area (Å²) < 4.78 is 0. The Morgan fingerprint density at radius 2 is 1.94 bits per heavy atom. The van der Waals surface area contributed by atoms with Crippen LogP contribution in [0.2, 0.25) is 5.02 Å². The van der Waals surface area contributed by atoms with Crippen LogP contribution in [0, 0.1) is 17.4 Å². The van der Waals surface area contributed by atoms with E-state index in [1.165, 1.54) is 0 Å².